The van der Waals surface area contributed by atoms with Crippen LogP contribution in [0.2, 0.25) is 0 Å². The van der Waals surface area contributed by atoms with Gasteiger partial charge in [-0.05, 0) is 0 Å². The first-order valence-corrected chi connectivity index (χ1v) is 7.75. The number of carbonyl (C=O) groups excluding carboxylic acids is 2. The number of amides is 2. The van der Waals surface area contributed by atoms with Gasteiger partial charge in [0.05, 0.1) is 6.54 Å². The number of carbonyl (C=O) groups is 1. The number of piperazine rings is 1. The molecule has 0 aliphatic carbocycles. The van der Waals surface area contributed by atoms with E-state index in [9.17, 15) is 35.9 Å². The molecule has 0 atom stereocenters. The Morgan fingerprint density at radius 2 is 1.46 bits per heavy atom. The number of hydrogen-bond donors (Lipinski definition) is 1. The van der Waals surface area contributed by atoms with Crippen LogP contribution in [0, 0.1) is 0 Å². The Morgan fingerprint density at radius 1 is 0.964 bits per heavy atom. The van der Waals surface area contributed by atoms with Crippen molar-refractivity contribution in [3.8, 4) is 11.5 Å². The zero-order valence-electron chi connectivity index (χ0n) is 14.1. The van der Waals surface area contributed by atoms with Gasteiger partial charge in [-0.2, -0.15) is 0 Å². The second-order valence-corrected chi connectivity index (χ2v) is 5.63. The molecule has 0 spiro atoms. The molecule has 1 aliphatic heterocycles. The average molecular weight is 414 g/mol. The molecule has 0 unspecified atom stereocenters. The predicted molar refractivity (Wildman–Crippen MR) is 82.5 cm³/mol. The van der Waals surface area contributed by atoms with Crippen molar-refractivity contribution >= 4 is 18.0 Å². The van der Waals surface area contributed by atoms with Gasteiger partial charge in [0.25, 0.3) is 0 Å². The fraction of sp³-hybridized carbons (Fsp3) is 0.467. The second kappa shape index (κ2) is 8.54. The zero-order chi connectivity index (χ0) is 20.9. The van der Waals surface area contributed by atoms with E-state index in [4.69, 9.17) is 0 Å². The third-order valence-corrected chi connectivity index (χ3v) is 3.55. The van der Waals surface area contributed by atoms with Gasteiger partial charge in [-0.3, -0.25) is 9.69 Å². The normalized spacial score (nSPS) is 15.9. The minimum absolute atomic E-state index is 0.0738. The molecule has 7 nitrogen and oxygen atoms in total. The van der Waals surface area contributed by atoms with Crippen molar-refractivity contribution in [2.24, 2.45) is 0 Å². The van der Waals surface area contributed by atoms with Crippen molar-refractivity contribution in [1.29, 1.82) is 0 Å². The number of nitrogens with zero attached hydrogens (tertiary/aromatic N) is 2. The maximum Gasteiger partial charge on any atom is 0.573 e. The summed E-state index contributed by atoms with van der Waals surface area (Å²) in [5, 5.41) is 2.21. The molecule has 0 aromatic heterocycles. The first-order valence-electron chi connectivity index (χ1n) is 7.75. The van der Waals surface area contributed by atoms with Crippen molar-refractivity contribution in [2.75, 3.05) is 38.0 Å². The second-order valence-electron chi connectivity index (χ2n) is 5.63. The van der Waals surface area contributed by atoms with Gasteiger partial charge < -0.3 is 19.7 Å². The van der Waals surface area contributed by atoms with Gasteiger partial charge in [0.1, 0.15) is 11.5 Å². The third-order valence-electron chi connectivity index (χ3n) is 3.55. The summed E-state index contributed by atoms with van der Waals surface area (Å²) in [5.74, 6) is -1.98. The van der Waals surface area contributed by atoms with Crippen molar-refractivity contribution in [3.63, 3.8) is 0 Å². The van der Waals surface area contributed by atoms with E-state index in [0.717, 1.165) is 0 Å². The maximum absolute atomic E-state index is 12.4. The Bertz CT molecular complexity index is 668. The summed E-state index contributed by atoms with van der Waals surface area (Å²) < 4.78 is 81.5. The lowest BCUT2D eigenvalue weighted by Crippen LogP contribution is -2.50. The summed E-state index contributed by atoms with van der Waals surface area (Å²) in [6, 6.07) is 1.08. The SMILES string of the molecule is O=[C]CN1CCN(C(=O)Nc2cc(OC(F)(F)F)cc(OC(F)(F)F)c2)CC1. The van der Waals surface area contributed by atoms with Crippen molar-refractivity contribution in [2.45, 2.75) is 12.7 Å². The Morgan fingerprint density at radius 3 is 1.89 bits per heavy atom. The van der Waals surface area contributed by atoms with E-state index in [2.05, 4.69) is 14.8 Å². The van der Waals surface area contributed by atoms with E-state index in [1.807, 2.05) is 0 Å². The molecule has 155 valence electrons. The molecule has 1 N–H and O–H groups in total. The first-order chi connectivity index (χ1) is 12.9. The van der Waals surface area contributed by atoms with Crippen molar-refractivity contribution in [1.82, 2.24) is 9.80 Å². The van der Waals surface area contributed by atoms with E-state index in [0.29, 0.717) is 31.3 Å². The minimum atomic E-state index is -5.15. The minimum Gasteiger partial charge on any atom is -0.406 e. The Kier molecular flexibility index (Phi) is 6.59. The number of hydrogen-bond acceptors (Lipinski definition) is 5. The topological polar surface area (TPSA) is 71.1 Å². The van der Waals surface area contributed by atoms with Crippen LogP contribution < -0.4 is 14.8 Å². The van der Waals surface area contributed by atoms with Crippen LogP contribution in [0.4, 0.5) is 36.8 Å². The molecule has 1 fully saturated rings. The van der Waals surface area contributed by atoms with Crippen molar-refractivity contribution in [3.05, 3.63) is 18.2 Å². The van der Waals surface area contributed by atoms with E-state index in [1.165, 1.54) is 4.90 Å². The highest BCUT2D eigenvalue weighted by Crippen LogP contribution is 2.33. The maximum atomic E-state index is 12.4. The molecule has 0 bridgehead atoms. The van der Waals surface area contributed by atoms with Gasteiger partial charge >= 0.3 is 18.8 Å². The van der Waals surface area contributed by atoms with E-state index in [-0.39, 0.29) is 25.3 Å². The Hall–Kier alpha value is -2.70. The summed E-state index contributed by atoms with van der Waals surface area (Å²) in [7, 11) is 0. The monoisotopic (exact) mass is 414 g/mol. The summed E-state index contributed by atoms with van der Waals surface area (Å²) in [5.41, 5.74) is -0.380. The van der Waals surface area contributed by atoms with E-state index >= 15 is 0 Å². The van der Waals surface area contributed by atoms with Crippen LogP contribution >= 0.6 is 0 Å². The molecule has 1 aromatic rings. The number of nitrogens with one attached hydrogen (secondary N) is 1. The number of rotatable bonds is 5. The standard InChI is InChI=1S/C15H14F6N3O4/c16-14(17,18)27-11-7-10(8-12(9-11)28-15(19,20)21)22-13(26)24-3-1-23(2-4-24)5-6-25/h7-9H,1-5H2,(H,22,26). The fourth-order valence-electron chi connectivity index (χ4n) is 2.43. The van der Waals surface area contributed by atoms with Crippen LogP contribution in [0.1, 0.15) is 0 Å². The number of anilines is 1. The molecule has 28 heavy (non-hydrogen) atoms. The van der Waals surface area contributed by atoms with Gasteiger partial charge in [-0.25, -0.2) is 4.79 Å². The number of urea groups is 1. The van der Waals surface area contributed by atoms with E-state index < -0.39 is 30.3 Å². The summed E-state index contributed by atoms with van der Waals surface area (Å²) in [6.07, 6.45) is -8.58. The van der Waals surface area contributed by atoms with Crippen LogP contribution in [-0.4, -0.2) is 67.6 Å². The van der Waals surface area contributed by atoms with Crippen LogP contribution in [-0.2, 0) is 4.79 Å². The molecule has 1 aromatic carbocycles. The lowest BCUT2D eigenvalue weighted by atomic mass is 10.2. The highest BCUT2D eigenvalue weighted by atomic mass is 19.4. The number of halogens is 6. The lowest BCUT2D eigenvalue weighted by molar-refractivity contribution is -0.276. The van der Waals surface area contributed by atoms with E-state index in [1.54, 1.807) is 11.2 Å². The van der Waals surface area contributed by atoms with Gasteiger partial charge in [0, 0.05) is 50.1 Å². The number of alkyl halides is 6. The Balaban J connectivity index is 2.12. The zero-order valence-corrected chi connectivity index (χ0v) is 14.1. The Labute approximate surface area is 154 Å². The molecular formula is C15H14F6N3O4. The third kappa shape index (κ3) is 7.13. The van der Waals surface area contributed by atoms with Gasteiger partial charge in [0.15, 0.2) is 0 Å². The van der Waals surface area contributed by atoms with Gasteiger partial charge in [-0.15, -0.1) is 26.3 Å². The molecular weight excluding hydrogens is 400 g/mol. The molecule has 0 saturated carbocycles. The first kappa shape index (κ1) is 21.6. The smallest absolute Gasteiger partial charge is 0.406 e. The quantitative estimate of drug-likeness (QED) is 0.751. The fourth-order valence-corrected chi connectivity index (χ4v) is 2.43. The van der Waals surface area contributed by atoms with Crippen LogP contribution in [0.5, 0.6) is 11.5 Å². The predicted octanol–water partition coefficient (Wildman–Crippen LogP) is 2.74. The molecule has 2 rings (SSSR count). The van der Waals surface area contributed by atoms with Crippen molar-refractivity contribution < 1.29 is 45.4 Å². The van der Waals surface area contributed by atoms with Crippen LogP contribution in [0.25, 0.3) is 0 Å². The molecule has 1 radical (unpaired) electrons. The number of benzene rings is 1. The molecule has 13 heteroatoms. The van der Waals surface area contributed by atoms with Gasteiger partial charge in [0.2, 0.25) is 6.29 Å². The average Bonchev–Trinajstić information content (AvgIpc) is 2.52. The summed E-state index contributed by atoms with van der Waals surface area (Å²) in [6.45, 7) is 1.21. The highest BCUT2D eigenvalue weighted by molar-refractivity contribution is 5.90. The molecule has 2 amide bonds. The molecule has 1 saturated heterocycles. The molecule has 1 heterocycles. The van der Waals surface area contributed by atoms with Crippen LogP contribution in [0.3, 0.4) is 0 Å². The highest BCUT2D eigenvalue weighted by Gasteiger charge is 2.34. The van der Waals surface area contributed by atoms with Gasteiger partial charge in [-0.1, -0.05) is 0 Å². The summed E-state index contributed by atoms with van der Waals surface area (Å²) >= 11 is 0. The molecule has 1 aliphatic rings. The number of ether oxygens (including phenoxy) is 2. The largest absolute Gasteiger partial charge is 0.573 e. The lowest BCUT2D eigenvalue weighted by Gasteiger charge is -2.33. The van der Waals surface area contributed by atoms with Crippen LogP contribution in [0.15, 0.2) is 18.2 Å². The summed E-state index contributed by atoms with van der Waals surface area (Å²) in [4.78, 5) is 25.6.